The summed E-state index contributed by atoms with van der Waals surface area (Å²) in [6.45, 7) is 6.84. The normalized spacial score (nSPS) is 16.7. The molecule has 0 aromatic heterocycles. The Labute approximate surface area is 154 Å². The molecule has 0 spiro atoms. The average molecular weight is 352 g/mol. The number of carbonyl (C=O) groups is 2. The molecule has 0 unspecified atom stereocenters. The molecule has 1 aliphatic rings. The highest BCUT2D eigenvalue weighted by Crippen LogP contribution is 2.31. The second kappa shape index (κ2) is 7.60. The van der Waals surface area contributed by atoms with Crippen LogP contribution in [0.4, 0.5) is 11.4 Å². The zero-order valence-corrected chi connectivity index (χ0v) is 15.4. The van der Waals surface area contributed by atoms with Gasteiger partial charge < -0.3 is 15.0 Å². The van der Waals surface area contributed by atoms with E-state index in [9.17, 15) is 9.59 Å². The third-order valence-corrected chi connectivity index (χ3v) is 4.81. The van der Waals surface area contributed by atoms with Crippen LogP contribution in [0, 0.1) is 19.8 Å². The molecule has 26 heavy (non-hydrogen) atoms. The molecule has 5 nitrogen and oxygen atoms in total. The molecule has 1 heterocycles. The van der Waals surface area contributed by atoms with E-state index in [2.05, 4.69) is 5.32 Å². The standard InChI is InChI=1S/C21H24N2O3/c1-4-26-19-11-6-5-9-17(19)22-21(25)16-12-20(24)23(13-16)18-10-7-8-14(2)15(18)3/h5-11,16H,4,12-13H2,1-3H3,(H,22,25)/t16-/m0/s1. The van der Waals surface area contributed by atoms with E-state index < -0.39 is 0 Å². The van der Waals surface area contributed by atoms with Crippen molar-refractivity contribution in [3.05, 3.63) is 53.6 Å². The van der Waals surface area contributed by atoms with Gasteiger partial charge in [0.15, 0.2) is 0 Å². The van der Waals surface area contributed by atoms with Crippen LogP contribution >= 0.6 is 0 Å². The molecule has 136 valence electrons. The highest BCUT2D eigenvalue weighted by Gasteiger charge is 2.36. The molecule has 2 aromatic carbocycles. The van der Waals surface area contributed by atoms with Gasteiger partial charge >= 0.3 is 0 Å². The molecule has 2 aromatic rings. The topological polar surface area (TPSA) is 58.6 Å². The van der Waals surface area contributed by atoms with Gasteiger partial charge in [-0.15, -0.1) is 0 Å². The van der Waals surface area contributed by atoms with Crippen LogP contribution in [0.1, 0.15) is 24.5 Å². The van der Waals surface area contributed by atoms with Gasteiger partial charge in [-0.05, 0) is 50.1 Å². The number of carbonyl (C=O) groups excluding carboxylic acids is 2. The molecule has 5 heteroatoms. The Bertz CT molecular complexity index is 832. The fraction of sp³-hybridized carbons (Fsp3) is 0.333. The number of benzene rings is 2. The zero-order valence-electron chi connectivity index (χ0n) is 15.4. The molecule has 2 amide bonds. The van der Waals surface area contributed by atoms with Gasteiger partial charge in [-0.2, -0.15) is 0 Å². The first-order valence-corrected chi connectivity index (χ1v) is 8.90. The summed E-state index contributed by atoms with van der Waals surface area (Å²) in [5.41, 5.74) is 3.73. The van der Waals surface area contributed by atoms with Crippen molar-refractivity contribution in [3.63, 3.8) is 0 Å². The average Bonchev–Trinajstić information content (AvgIpc) is 3.01. The minimum atomic E-state index is -0.378. The fourth-order valence-electron chi connectivity index (χ4n) is 3.23. The van der Waals surface area contributed by atoms with Crippen LogP contribution in [-0.4, -0.2) is 25.0 Å². The van der Waals surface area contributed by atoms with Gasteiger partial charge in [-0.3, -0.25) is 9.59 Å². The summed E-state index contributed by atoms with van der Waals surface area (Å²) in [5, 5.41) is 2.91. The van der Waals surface area contributed by atoms with E-state index in [1.807, 2.05) is 63.2 Å². The molecule has 1 N–H and O–H groups in total. The van der Waals surface area contributed by atoms with Crippen LogP contribution in [0.2, 0.25) is 0 Å². The van der Waals surface area contributed by atoms with Crippen molar-refractivity contribution in [1.82, 2.24) is 0 Å². The fourth-order valence-corrected chi connectivity index (χ4v) is 3.23. The monoisotopic (exact) mass is 352 g/mol. The van der Waals surface area contributed by atoms with Gasteiger partial charge in [0.05, 0.1) is 18.2 Å². The van der Waals surface area contributed by atoms with Crippen LogP contribution in [0.3, 0.4) is 0 Å². The minimum Gasteiger partial charge on any atom is -0.492 e. The number of amides is 2. The van der Waals surface area contributed by atoms with Crippen LogP contribution in [0.5, 0.6) is 5.75 Å². The van der Waals surface area contributed by atoms with Crippen molar-refractivity contribution in [3.8, 4) is 5.75 Å². The molecule has 1 aliphatic heterocycles. The summed E-state index contributed by atoms with van der Waals surface area (Å²) in [5.74, 6) is 0.0893. The van der Waals surface area contributed by atoms with Crippen molar-refractivity contribution in [2.45, 2.75) is 27.2 Å². The number of hydrogen-bond acceptors (Lipinski definition) is 3. The maximum absolute atomic E-state index is 12.7. The summed E-state index contributed by atoms with van der Waals surface area (Å²) in [6.07, 6.45) is 0.218. The van der Waals surface area contributed by atoms with Crippen molar-refractivity contribution < 1.29 is 14.3 Å². The molecular formula is C21H24N2O3. The second-order valence-electron chi connectivity index (χ2n) is 6.54. The number of para-hydroxylation sites is 2. The molecule has 1 fully saturated rings. The van der Waals surface area contributed by atoms with Crippen LogP contribution in [0.25, 0.3) is 0 Å². The predicted octanol–water partition coefficient (Wildman–Crippen LogP) is 3.69. The Kier molecular flexibility index (Phi) is 5.26. The quantitative estimate of drug-likeness (QED) is 0.893. The lowest BCUT2D eigenvalue weighted by atomic mass is 10.1. The lowest BCUT2D eigenvalue weighted by Crippen LogP contribution is -2.28. The third-order valence-electron chi connectivity index (χ3n) is 4.81. The van der Waals surface area contributed by atoms with E-state index in [0.717, 1.165) is 16.8 Å². The van der Waals surface area contributed by atoms with E-state index in [0.29, 0.717) is 24.6 Å². The smallest absolute Gasteiger partial charge is 0.229 e. The zero-order chi connectivity index (χ0) is 18.7. The van der Waals surface area contributed by atoms with Crippen molar-refractivity contribution in [1.29, 1.82) is 0 Å². The lowest BCUT2D eigenvalue weighted by Gasteiger charge is -2.20. The minimum absolute atomic E-state index is 0.0167. The number of ether oxygens (including phenoxy) is 1. The second-order valence-corrected chi connectivity index (χ2v) is 6.54. The lowest BCUT2D eigenvalue weighted by molar-refractivity contribution is -0.122. The maximum Gasteiger partial charge on any atom is 0.229 e. The van der Waals surface area contributed by atoms with Crippen molar-refractivity contribution in [2.24, 2.45) is 5.92 Å². The number of nitrogens with one attached hydrogen (secondary N) is 1. The summed E-state index contributed by atoms with van der Waals surface area (Å²) in [7, 11) is 0. The number of anilines is 2. The highest BCUT2D eigenvalue weighted by molar-refractivity contribution is 6.04. The van der Waals surface area contributed by atoms with Gasteiger partial charge in [-0.25, -0.2) is 0 Å². The molecule has 0 radical (unpaired) electrons. The number of nitrogens with zero attached hydrogens (tertiary/aromatic N) is 1. The third kappa shape index (κ3) is 3.57. The molecule has 0 aliphatic carbocycles. The summed E-state index contributed by atoms with van der Waals surface area (Å²) in [4.78, 5) is 26.9. The molecular weight excluding hydrogens is 328 g/mol. The van der Waals surface area contributed by atoms with Crippen molar-refractivity contribution >= 4 is 23.2 Å². The first-order valence-electron chi connectivity index (χ1n) is 8.90. The van der Waals surface area contributed by atoms with Crippen LogP contribution in [-0.2, 0) is 9.59 Å². The first-order chi connectivity index (χ1) is 12.5. The van der Waals surface area contributed by atoms with Gasteiger partial charge in [-0.1, -0.05) is 24.3 Å². The van der Waals surface area contributed by atoms with E-state index in [1.165, 1.54) is 0 Å². The SMILES string of the molecule is CCOc1ccccc1NC(=O)[C@H]1CC(=O)N(c2cccc(C)c2C)C1. The van der Waals surface area contributed by atoms with Gasteiger partial charge in [0.25, 0.3) is 0 Å². The highest BCUT2D eigenvalue weighted by atomic mass is 16.5. The van der Waals surface area contributed by atoms with Gasteiger partial charge in [0.1, 0.15) is 5.75 Å². The first kappa shape index (κ1) is 18.0. The van der Waals surface area contributed by atoms with E-state index in [1.54, 1.807) is 4.90 Å². The molecule has 3 rings (SSSR count). The van der Waals surface area contributed by atoms with Crippen molar-refractivity contribution in [2.75, 3.05) is 23.4 Å². The van der Waals surface area contributed by atoms with Gasteiger partial charge in [0.2, 0.25) is 11.8 Å². The number of rotatable bonds is 5. The predicted molar refractivity (Wildman–Crippen MR) is 103 cm³/mol. The Morgan fingerprint density at radius 3 is 2.73 bits per heavy atom. The number of aryl methyl sites for hydroxylation is 1. The molecule has 1 atom stereocenters. The van der Waals surface area contributed by atoms with Gasteiger partial charge in [0, 0.05) is 18.7 Å². The van der Waals surface area contributed by atoms with E-state index >= 15 is 0 Å². The van der Waals surface area contributed by atoms with Crippen LogP contribution < -0.4 is 15.0 Å². The summed E-state index contributed by atoms with van der Waals surface area (Å²) < 4.78 is 5.55. The number of hydrogen-bond donors (Lipinski definition) is 1. The Balaban J connectivity index is 1.74. The van der Waals surface area contributed by atoms with E-state index in [-0.39, 0.29) is 24.2 Å². The largest absolute Gasteiger partial charge is 0.492 e. The molecule has 0 saturated carbocycles. The summed E-state index contributed by atoms with van der Waals surface area (Å²) >= 11 is 0. The maximum atomic E-state index is 12.7. The molecule has 0 bridgehead atoms. The Morgan fingerprint density at radius 1 is 1.19 bits per heavy atom. The Morgan fingerprint density at radius 2 is 1.96 bits per heavy atom. The Hall–Kier alpha value is -2.82. The summed E-state index contributed by atoms with van der Waals surface area (Å²) in [6, 6.07) is 13.2. The van der Waals surface area contributed by atoms with Crippen LogP contribution in [0.15, 0.2) is 42.5 Å². The molecule has 1 saturated heterocycles. The van der Waals surface area contributed by atoms with E-state index in [4.69, 9.17) is 4.74 Å².